The summed E-state index contributed by atoms with van der Waals surface area (Å²) < 4.78 is 49.3. The van der Waals surface area contributed by atoms with Gasteiger partial charge in [0, 0.05) is 16.6 Å². The van der Waals surface area contributed by atoms with Gasteiger partial charge >= 0.3 is 6.18 Å². The maximum Gasteiger partial charge on any atom is 0.417 e. The van der Waals surface area contributed by atoms with Gasteiger partial charge < -0.3 is 15.0 Å². The van der Waals surface area contributed by atoms with E-state index in [4.69, 9.17) is 15.0 Å². The Morgan fingerprint density at radius 1 is 1.33 bits per heavy atom. The molecule has 1 aromatic carbocycles. The van der Waals surface area contributed by atoms with E-state index in [2.05, 4.69) is 26.1 Å². The number of aromatic nitrogens is 2. The van der Waals surface area contributed by atoms with Crippen LogP contribution in [-0.2, 0) is 17.5 Å². The van der Waals surface area contributed by atoms with Crippen LogP contribution in [0.15, 0.2) is 27.2 Å². The number of rotatable bonds is 5. The van der Waals surface area contributed by atoms with Crippen molar-refractivity contribution >= 4 is 15.9 Å². The number of alkyl halides is 3. The minimum Gasteiger partial charge on any atom is -0.370 e. The fourth-order valence-electron chi connectivity index (χ4n) is 1.61. The third-order valence-electron chi connectivity index (χ3n) is 2.48. The lowest BCUT2D eigenvalue weighted by Crippen LogP contribution is -2.08. The van der Waals surface area contributed by atoms with Crippen molar-refractivity contribution in [2.45, 2.75) is 12.8 Å². The average Bonchev–Trinajstić information content (AvgIpc) is 2.87. The fraction of sp³-hybridized carbons (Fsp3) is 0.333. The second-order valence-corrected chi connectivity index (χ2v) is 4.96. The summed E-state index contributed by atoms with van der Waals surface area (Å²) in [4.78, 5) is 3.90. The molecule has 1 aromatic heterocycles. The number of benzene rings is 1. The van der Waals surface area contributed by atoms with E-state index >= 15 is 0 Å². The first-order valence-electron chi connectivity index (χ1n) is 5.89. The van der Waals surface area contributed by atoms with Gasteiger partial charge in [0.15, 0.2) is 0 Å². The molecule has 1 heterocycles. The third-order valence-corrected chi connectivity index (χ3v) is 2.98. The van der Waals surface area contributed by atoms with Crippen LogP contribution in [0.2, 0.25) is 0 Å². The SMILES string of the molecule is NCCOCc1nc(-c2ccc(Br)cc2C(F)(F)F)no1. The maximum absolute atomic E-state index is 13.0. The van der Waals surface area contributed by atoms with E-state index in [1.54, 1.807) is 0 Å². The van der Waals surface area contributed by atoms with Gasteiger partial charge in [-0.15, -0.1) is 0 Å². The van der Waals surface area contributed by atoms with Gasteiger partial charge in [-0.25, -0.2) is 0 Å². The van der Waals surface area contributed by atoms with Gasteiger partial charge in [-0.3, -0.25) is 0 Å². The van der Waals surface area contributed by atoms with Crippen molar-refractivity contribution in [2.75, 3.05) is 13.2 Å². The number of hydrogen-bond acceptors (Lipinski definition) is 5. The summed E-state index contributed by atoms with van der Waals surface area (Å²) in [5, 5.41) is 3.56. The molecule has 0 fully saturated rings. The van der Waals surface area contributed by atoms with Crippen molar-refractivity contribution in [3.63, 3.8) is 0 Å². The minimum atomic E-state index is -4.52. The largest absolute Gasteiger partial charge is 0.417 e. The van der Waals surface area contributed by atoms with Crippen molar-refractivity contribution < 1.29 is 22.4 Å². The summed E-state index contributed by atoms with van der Waals surface area (Å²) in [7, 11) is 0. The Balaban J connectivity index is 2.30. The summed E-state index contributed by atoms with van der Waals surface area (Å²) in [5.41, 5.74) is 4.26. The number of nitrogens with two attached hydrogens (primary N) is 1. The van der Waals surface area contributed by atoms with Crippen LogP contribution in [0.3, 0.4) is 0 Å². The van der Waals surface area contributed by atoms with Crippen LogP contribution in [-0.4, -0.2) is 23.3 Å². The standard InChI is InChI=1S/C12H11BrF3N3O2/c13-7-1-2-8(9(5-7)12(14,15)16)11-18-10(21-19-11)6-20-4-3-17/h1-2,5H,3-4,6,17H2. The normalized spacial score (nSPS) is 11.9. The topological polar surface area (TPSA) is 74.2 Å². The predicted octanol–water partition coefficient (Wildman–Crippen LogP) is 2.99. The number of hydrogen-bond donors (Lipinski definition) is 1. The molecule has 0 saturated heterocycles. The zero-order chi connectivity index (χ0) is 15.5. The molecule has 0 bridgehead atoms. The molecule has 2 aromatic rings. The Morgan fingerprint density at radius 3 is 2.76 bits per heavy atom. The van der Waals surface area contributed by atoms with Gasteiger partial charge in [0.05, 0.1) is 12.2 Å². The van der Waals surface area contributed by atoms with E-state index < -0.39 is 11.7 Å². The number of nitrogens with zero attached hydrogens (tertiary/aromatic N) is 2. The molecule has 9 heteroatoms. The summed E-state index contributed by atoms with van der Waals surface area (Å²) in [6.45, 7) is 0.623. The molecule has 0 aliphatic rings. The first kappa shape index (κ1) is 15.9. The van der Waals surface area contributed by atoms with Crippen LogP contribution in [0, 0.1) is 0 Å². The van der Waals surface area contributed by atoms with Gasteiger partial charge in [0.2, 0.25) is 5.82 Å². The Morgan fingerprint density at radius 2 is 2.10 bits per heavy atom. The van der Waals surface area contributed by atoms with E-state index in [9.17, 15) is 13.2 Å². The molecule has 0 aliphatic carbocycles. The molecule has 0 amide bonds. The van der Waals surface area contributed by atoms with Crippen LogP contribution in [0.4, 0.5) is 13.2 Å². The smallest absolute Gasteiger partial charge is 0.370 e. The second kappa shape index (κ2) is 6.54. The molecule has 0 radical (unpaired) electrons. The summed E-state index contributed by atoms with van der Waals surface area (Å²) >= 11 is 3.01. The highest BCUT2D eigenvalue weighted by molar-refractivity contribution is 9.10. The molecule has 0 atom stereocenters. The quantitative estimate of drug-likeness (QED) is 0.824. The predicted molar refractivity (Wildman–Crippen MR) is 71.1 cm³/mol. The zero-order valence-corrected chi connectivity index (χ0v) is 12.2. The van der Waals surface area contributed by atoms with Crippen LogP contribution >= 0.6 is 15.9 Å². The van der Waals surface area contributed by atoms with E-state index in [1.807, 2.05) is 0 Å². The van der Waals surface area contributed by atoms with Crippen molar-refractivity contribution in [3.8, 4) is 11.4 Å². The molecule has 0 unspecified atom stereocenters. The molecule has 21 heavy (non-hydrogen) atoms. The highest BCUT2D eigenvalue weighted by Crippen LogP contribution is 2.37. The Kier molecular flexibility index (Phi) is 4.96. The molecule has 0 aliphatic heterocycles. The van der Waals surface area contributed by atoms with Crippen molar-refractivity contribution in [1.29, 1.82) is 0 Å². The summed E-state index contributed by atoms with van der Waals surface area (Å²) in [5.74, 6) is -0.0457. The van der Waals surface area contributed by atoms with E-state index in [0.29, 0.717) is 17.6 Å². The molecule has 114 valence electrons. The second-order valence-electron chi connectivity index (χ2n) is 4.04. The molecular weight excluding hydrogens is 355 g/mol. The van der Waals surface area contributed by atoms with Gasteiger partial charge in [-0.05, 0) is 18.2 Å². The highest BCUT2D eigenvalue weighted by atomic mass is 79.9. The molecule has 0 spiro atoms. The van der Waals surface area contributed by atoms with E-state index in [-0.39, 0.29) is 23.9 Å². The van der Waals surface area contributed by atoms with Crippen LogP contribution in [0.25, 0.3) is 11.4 Å². The fourth-order valence-corrected chi connectivity index (χ4v) is 1.97. The number of halogens is 4. The lowest BCUT2D eigenvalue weighted by atomic mass is 10.1. The highest BCUT2D eigenvalue weighted by Gasteiger charge is 2.35. The van der Waals surface area contributed by atoms with Crippen molar-refractivity contribution in [2.24, 2.45) is 5.73 Å². The van der Waals surface area contributed by atoms with Crippen LogP contribution < -0.4 is 5.73 Å². The molecular formula is C12H11BrF3N3O2. The molecule has 2 N–H and O–H groups in total. The van der Waals surface area contributed by atoms with Gasteiger partial charge in [0.25, 0.3) is 5.89 Å². The summed E-state index contributed by atoms with van der Waals surface area (Å²) in [6, 6.07) is 3.73. The van der Waals surface area contributed by atoms with E-state index in [1.165, 1.54) is 12.1 Å². The zero-order valence-electron chi connectivity index (χ0n) is 10.7. The van der Waals surface area contributed by atoms with Gasteiger partial charge in [-0.1, -0.05) is 21.1 Å². The molecule has 2 rings (SSSR count). The monoisotopic (exact) mass is 365 g/mol. The van der Waals surface area contributed by atoms with Crippen molar-refractivity contribution in [1.82, 2.24) is 10.1 Å². The maximum atomic E-state index is 13.0. The van der Waals surface area contributed by atoms with Crippen LogP contribution in [0.5, 0.6) is 0 Å². The Hall–Kier alpha value is -1.45. The summed E-state index contributed by atoms with van der Waals surface area (Å²) in [6.07, 6.45) is -4.52. The molecule has 5 nitrogen and oxygen atoms in total. The Labute approximate surface area is 126 Å². The van der Waals surface area contributed by atoms with Gasteiger partial charge in [-0.2, -0.15) is 18.2 Å². The Bertz CT molecular complexity index is 616. The third kappa shape index (κ3) is 4.02. The van der Waals surface area contributed by atoms with E-state index in [0.717, 1.165) is 6.07 Å². The number of ether oxygens (including phenoxy) is 1. The lowest BCUT2D eigenvalue weighted by Gasteiger charge is -2.10. The van der Waals surface area contributed by atoms with Crippen molar-refractivity contribution in [3.05, 3.63) is 34.1 Å². The first-order chi connectivity index (χ1) is 9.91. The van der Waals surface area contributed by atoms with Gasteiger partial charge in [0.1, 0.15) is 6.61 Å². The lowest BCUT2D eigenvalue weighted by molar-refractivity contribution is -0.137. The molecule has 0 saturated carbocycles. The van der Waals surface area contributed by atoms with Crippen LogP contribution in [0.1, 0.15) is 11.5 Å². The average molecular weight is 366 g/mol. The minimum absolute atomic E-state index is 0.00206. The first-order valence-corrected chi connectivity index (χ1v) is 6.68.